The predicted octanol–water partition coefficient (Wildman–Crippen LogP) is 3.09. The highest BCUT2D eigenvalue weighted by Gasteiger charge is 2.29. The number of amides is 1. The number of nitrogens with one attached hydrogen (secondary N) is 1. The van der Waals surface area contributed by atoms with Gasteiger partial charge < -0.3 is 5.32 Å². The molecule has 0 radical (unpaired) electrons. The van der Waals surface area contributed by atoms with Crippen molar-refractivity contribution in [3.05, 3.63) is 21.4 Å². The van der Waals surface area contributed by atoms with E-state index < -0.39 is 0 Å². The van der Waals surface area contributed by atoms with Crippen LogP contribution in [0.1, 0.15) is 53.9 Å². The molecule has 4 heteroatoms. The molecular weight excluding hydrogens is 280 g/mol. The van der Waals surface area contributed by atoms with E-state index in [0.717, 1.165) is 36.9 Å². The first-order valence-electron chi connectivity index (χ1n) is 8.15. The van der Waals surface area contributed by atoms with Gasteiger partial charge in [0.05, 0.1) is 5.56 Å². The van der Waals surface area contributed by atoms with E-state index in [1.165, 1.54) is 29.7 Å². The Hall–Kier alpha value is -0.870. The summed E-state index contributed by atoms with van der Waals surface area (Å²) in [4.78, 5) is 16.3. The van der Waals surface area contributed by atoms with Crippen LogP contribution in [0.15, 0.2) is 5.38 Å². The Labute approximate surface area is 131 Å². The molecule has 1 aromatic rings. The molecule has 1 heterocycles. The van der Waals surface area contributed by atoms with Gasteiger partial charge >= 0.3 is 0 Å². The van der Waals surface area contributed by atoms with Crippen LogP contribution in [0.5, 0.6) is 0 Å². The van der Waals surface area contributed by atoms with E-state index in [1.54, 1.807) is 11.3 Å². The number of rotatable bonds is 5. The van der Waals surface area contributed by atoms with Gasteiger partial charge in [-0.15, -0.1) is 11.3 Å². The average Bonchev–Trinajstić information content (AvgIpc) is 3.23. The molecule has 2 aliphatic carbocycles. The SMILES string of the molecule is CC1CCc2c(C(=O)NCC(C)N(C)C3CC3)csc2C1. The zero-order valence-electron chi connectivity index (χ0n) is 13.3. The van der Waals surface area contributed by atoms with Gasteiger partial charge in [0.25, 0.3) is 5.91 Å². The molecular formula is C17H26N2OS. The molecule has 1 aromatic heterocycles. The molecule has 1 N–H and O–H groups in total. The van der Waals surface area contributed by atoms with Crippen molar-refractivity contribution >= 4 is 17.2 Å². The van der Waals surface area contributed by atoms with Crippen LogP contribution in [0.4, 0.5) is 0 Å². The third-order valence-electron chi connectivity index (χ3n) is 5.02. The topological polar surface area (TPSA) is 32.3 Å². The number of hydrogen-bond acceptors (Lipinski definition) is 3. The Balaban J connectivity index is 1.58. The highest BCUT2D eigenvalue weighted by Crippen LogP contribution is 2.32. The predicted molar refractivity (Wildman–Crippen MR) is 88.1 cm³/mol. The minimum atomic E-state index is 0.123. The molecule has 116 valence electrons. The molecule has 3 nitrogen and oxygen atoms in total. The van der Waals surface area contributed by atoms with Crippen molar-refractivity contribution in [3.8, 4) is 0 Å². The van der Waals surface area contributed by atoms with Gasteiger partial charge in [0.2, 0.25) is 0 Å². The lowest BCUT2D eigenvalue weighted by molar-refractivity contribution is 0.0938. The third-order valence-corrected chi connectivity index (χ3v) is 6.07. The first-order valence-corrected chi connectivity index (χ1v) is 9.03. The van der Waals surface area contributed by atoms with Crippen LogP contribution in [-0.2, 0) is 12.8 Å². The lowest BCUT2D eigenvalue weighted by Crippen LogP contribution is -2.41. The van der Waals surface area contributed by atoms with Crippen LogP contribution < -0.4 is 5.32 Å². The van der Waals surface area contributed by atoms with E-state index in [9.17, 15) is 4.79 Å². The van der Waals surface area contributed by atoms with Gasteiger partial charge in [0, 0.05) is 28.9 Å². The molecule has 0 bridgehead atoms. The van der Waals surface area contributed by atoms with Crippen molar-refractivity contribution < 1.29 is 4.79 Å². The number of thiophene rings is 1. The van der Waals surface area contributed by atoms with Crippen molar-refractivity contribution in [2.24, 2.45) is 5.92 Å². The van der Waals surface area contributed by atoms with E-state index in [0.29, 0.717) is 6.04 Å². The van der Waals surface area contributed by atoms with Crippen LogP contribution >= 0.6 is 11.3 Å². The molecule has 3 rings (SSSR count). The minimum Gasteiger partial charge on any atom is -0.350 e. The molecule has 21 heavy (non-hydrogen) atoms. The maximum atomic E-state index is 12.4. The fourth-order valence-corrected chi connectivity index (χ4v) is 4.43. The summed E-state index contributed by atoms with van der Waals surface area (Å²) in [6.07, 6.45) is 6.05. The highest BCUT2D eigenvalue weighted by atomic mass is 32.1. The highest BCUT2D eigenvalue weighted by molar-refractivity contribution is 7.10. The standard InChI is InChI=1S/C17H26N2OS/c1-11-4-7-14-15(10-21-16(14)8-11)17(20)18-9-12(2)19(3)13-5-6-13/h10-13H,4-9H2,1-3H3,(H,18,20). The monoisotopic (exact) mass is 306 g/mol. The first-order chi connectivity index (χ1) is 10.1. The maximum absolute atomic E-state index is 12.4. The number of carbonyl (C=O) groups excluding carboxylic acids is 1. The second-order valence-corrected chi connectivity index (χ2v) is 7.82. The number of nitrogens with zero attached hydrogens (tertiary/aromatic N) is 1. The number of fused-ring (bicyclic) bond motifs is 1. The van der Waals surface area contributed by atoms with Crippen LogP contribution in [-0.4, -0.2) is 36.5 Å². The van der Waals surface area contributed by atoms with Crippen molar-refractivity contribution in [1.82, 2.24) is 10.2 Å². The van der Waals surface area contributed by atoms with Crippen LogP contribution in [0.3, 0.4) is 0 Å². The fourth-order valence-electron chi connectivity index (χ4n) is 3.19. The Morgan fingerprint density at radius 2 is 2.24 bits per heavy atom. The molecule has 2 atom stereocenters. The number of hydrogen-bond donors (Lipinski definition) is 1. The second-order valence-electron chi connectivity index (χ2n) is 6.85. The van der Waals surface area contributed by atoms with E-state index in [2.05, 4.69) is 36.5 Å². The van der Waals surface area contributed by atoms with E-state index >= 15 is 0 Å². The maximum Gasteiger partial charge on any atom is 0.252 e. The third kappa shape index (κ3) is 3.32. The van der Waals surface area contributed by atoms with Crippen molar-refractivity contribution in [3.63, 3.8) is 0 Å². The molecule has 0 saturated heterocycles. The van der Waals surface area contributed by atoms with Gasteiger partial charge in [0.15, 0.2) is 0 Å². The minimum absolute atomic E-state index is 0.123. The van der Waals surface area contributed by atoms with Gasteiger partial charge in [-0.3, -0.25) is 9.69 Å². The number of carbonyl (C=O) groups is 1. The van der Waals surface area contributed by atoms with Crippen LogP contribution in [0.25, 0.3) is 0 Å². The summed E-state index contributed by atoms with van der Waals surface area (Å²) in [6, 6.07) is 1.16. The fraction of sp³-hybridized carbons (Fsp3) is 0.706. The summed E-state index contributed by atoms with van der Waals surface area (Å²) < 4.78 is 0. The smallest absolute Gasteiger partial charge is 0.252 e. The lowest BCUT2D eigenvalue weighted by Gasteiger charge is -2.24. The lowest BCUT2D eigenvalue weighted by atomic mass is 9.88. The summed E-state index contributed by atoms with van der Waals surface area (Å²) >= 11 is 1.77. The van der Waals surface area contributed by atoms with Gasteiger partial charge in [-0.05, 0) is 57.6 Å². The Morgan fingerprint density at radius 1 is 1.48 bits per heavy atom. The summed E-state index contributed by atoms with van der Waals surface area (Å²) in [5.74, 6) is 0.886. The summed E-state index contributed by atoms with van der Waals surface area (Å²) in [5.41, 5.74) is 2.25. The summed E-state index contributed by atoms with van der Waals surface area (Å²) in [5, 5.41) is 5.20. The largest absolute Gasteiger partial charge is 0.350 e. The summed E-state index contributed by atoms with van der Waals surface area (Å²) in [7, 11) is 2.17. The van der Waals surface area contributed by atoms with Crippen molar-refractivity contribution in [2.45, 2.75) is 58.0 Å². The van der Waals surface area contributed by atoms with Crippen molar-refractivity contribution in [2.75, 3.05) is 13.6 Å². The molecule has 0 aromatic carbocycles. The normalized spacial score (nSPS) is 23.0. The Morgan fingerprint density at radius 3 is 2.95 bits per heavy atom. The molecule has 0 spiro atoms. The molecule has 0 aliphatic heterocycles. The van der Waals surface area contributed by atoms with Crippen LogP contribution in [0.2, 0.25) is 0 Å². The number of likely N-dealkylation sites (N-methyl/N-ethyl adjacent to an activating group) is 1. The second kappa shape index (κ2) is 6.09. The van der Waals surface area contributed by atoms with E-state index in [-0.39, 0.29) is 5.91 Å². The Kier molecular flexibility index (Phi) is 4.36. The summed E-state index contributed by atoms with van der Waals surface area (Å²) in [6.45, 7) is 5.24. The van der Waals surface area contributed by atoms with Gasteiger partial charge in [-0.25, -0.2) is 0 Å². The van der Waals surface area contributed by atoms with Crippen LogP contribution in [0, 0.1) is 5.92 Å². The molecule has 1 amide bonds. The zero-order chi connectivity index (χ0) is 15.0. The quantitative estimate of drug-likeness (QED) is 0.906. The van der Waals surface area contributed by atoms with Crippen molar-refractivity contribution in [1.29, 1.82) is 0 Å². The molecule has 1 fully saturated rings. The van der Waals surface area contributed by atoms with Gasteiger partial charge in [-0.2, -0.15) is 0 Å². The molecule has 2 aliphatic rings. The van der Waals surface area contributed by atoms with E-state index in [4.69, 9.17) is 0 Å². The Bertz CT molecular complexity index is 521. The average molecular weight is 306 g/mol. The van der Waals surface area contributed by atoms with Gasteiger partial charge in [-0.1, -0.05) is 6.92 Å². The zero-order valence-corrected chi connectivity index (χ0v) is 14.1. The first kappa shape index (κ1) is 15.0. The molecule has 2 unspecified atom stereocenters. The molecule has 1 saturated carbocycles. The van der Waals surface area contributed by atoms with Gasteiger partial charge in [0.1, 0.15) is 0 Å². The van der Waals surface area contributed by atoms with E-state index in [1.807, 2.05) is 0 Å².